The van der Waals surface area contributed by atoms with Gasteiger partial charge in [-0.15, -0.1) is 0 Å². The van der Waals surface area contributed by atoms with E-state index in [0.717, 1.165) is 0 Å². The van der Waals surface area contributed by atoms with Crippen LogP contribution < -0.4 is 0 Å². The standard InChI is InChI=1S/C14H20N2/c1-11-5-7-15(3)13(9-11)14-10-12(2)6-8-16(14)4/h5-10,13-14H,1-4H3. The fraction of sp³-hybridized carbons (Fsp3) is 0.429. The van der Waals surface area contributed by atoms with E-state index in [2.05, 4.69) is 74.4 Å². The second-order valence-electron chi connectivity index (χ2n) is 4.76. The molecule has 2 heteroatoms. The quantitative estimate of drug-likeness (QED) is 0.664. The average Bonchev–Trinajstić information content (AvgIpc) is 2.25. The smallest absolute Gasteiger partial charge is 0.0709 e. The Bertz CT molecular complexity index is 350. The molecular weight excluding hydrogens is 196 g/mol. The number of allylic oxidation sites excluding steroid dienone is 4. The largest absolute Gasteiger partial charge is 0.372 e. The summed E-state index contributed by atoms with van der Waals surface area (Å²) in [5, 5.41) is 0. The average molecular weight is 216 g/mol. The maximum atomic E-state index is 2.34. The summed E-state index contributed by atoms with van der Waals surface area (Å²) in [7, 11) is 4.28. The first-order chi connectivity index (χ1) is 7.58. The minimum absolute atomic E-state index is 0.426. The second kappa shape index (κ2) is 4.20. The van der Waals surface area contributed by atoms with Gasteiger partial charge in [-0.3, -0.25) is 0 Å². The molecule has 0 N–H and O–H groups in total. The zero-order valence-corrected chi connectivity index (χ0v) is 10.5. The van der Waals surface area contributed by atoms with Crippen LogP contribution >= 0.6 is 0 Å². The number of hydrogen-bond acceptors (Lipinski definition) is 2. The zero-order valence-electron chi connectivity index (χ0n) is 10.5. The second-order valence-corrected chi connectivity index (χ2v) is 4.76. The van der Waals surface area contributed by atoms with Crippen molar-refractivity contribution in [1.82, 2.24) is 9.80 Å². The predicted octanol–water partition coefficient (Wildman–Crippen LogP) is 2.53. The maximum absolute atomic E-state index is 2.34. The fourth-order valence-electron chi connectivity index (χ4n) is 2.23. The van der Waals surface area contributed by atoms with Gasteiger partial charge in [0.2, 0.25) is 0 Å². The van der Waals surface area contributed by atoms with Gasteiger partial charge in [-0.05, 0) is 38.4 Å². The van der Waals surface area contributed by atoms with Crippen LogP contribution in [0.2, 0.25) is 0 Å². The summed E-state index contributed by atoms with van der Waals surface area (Å²) in [6, 6.07) is 0.852. The molecule has 0 radical (unpaired) electrons. The van der Waals surface area contributed by atoms with E-state index in [9.17, 15) is 0 Å². The van der Waals surface area contributed by atoms with Gasteiger partial charge >= 0.3 is 0 Å². The van der Waals surface area contributed by atoms with Crippen molar-refractivity contribution in [3.63, 3.8) is 0 Å². The molecule has 0 fully saturated rings. The highest BCUT2D eigenvalue weighted by Crippen LogP contribution is 2.22. The van der Waals surface area contributed by atoms with Gasteiger partial charge in [0, 0.05) is 14.1 Å². The molecule has 2 nitrogen and oxygen atoms in total. The van der Waals surface area contributed by atoms with Gasteiger partial charge in [0.1, 0.15) is 0 Å². The van der Waals surface area contributed by atoms with Crippen molar-refractivity contribution in [3.8, 4) is 0 Å². The first-order valence-electron chi connectivity index (χ1n) is 5.75. The van der Waals surface area contributed by atoms with Gasteiger partial charge in [-0.1, -0.05) is 23.3 Å². The van der Waals surface area contributed by atoms with Crippen molar-refractivity contribution in [2.24, 2.45) is 0 Å². The van der Waals surface area contributed by atoms with E-state index in [1.54, 1.807) is 0 Å². The molecule has 2 atom stereocenters. The third-order valence-electron chi connectivity index (χ3n) is 3.30. The number of rotatable bonds is 1. The summed E-state index contributed by atoms with van der Waals surface area (Å²) < 4.78 is 0. The summed E-state index contributed by atoms with van der Waals surface area (Å²) in [4.78, 5) is 4.55. The molecular formula is C14H20N2. The Hall–Kier alpha value is -1.44. The fourth-order valence-corrected chi connectivity index (χ4v) is 2.23. The lowest BCUT2D eigenvalue weighted by atomic mass is 9.97. The van der Waals surface area contributed by atoms with Gasteiger partial charge in [0.05, 0.1) is 12.1 Å². The van der Waals surface area contributed by atoms with Crippen LogP contribution in [0, 0.1) is 0 Å². The normalized spacial score (nSPS) is 29.2. The predicted molar refractivity (Wildman–Crippen MR) is 68.9 cm³/mol. The number of hydrogen-bond donors (Lipinski definition) is 0. The Morgan fingerprint density at radius 1 is 0.812 bits per heavy atom. The molecule has 0 aliphatic carbocycles. The number of nitrogens with zero attached hydrogens (tertiary/aromatic N) is 2. The molecule has 2 heterocycles. The third-order valence-corrected chi connectivity index (χ3v) is 3.30. The highest BCUT2D eigenvalue weighted by atomic mass is 15.2. The summed E-state index contributed by atoms with van der Waals surface area (Å²) >= 11 is 0. The van der Waals surface area contributed by atoms with Crippen LogP contribution in [0.3, 0.4) is 0 Å². The lowest BCUT2D eigenvalue weighted by molar-refractivity contribution is 0.246. The van der Waals surface area contributed by atoms with Crippen LogP contribution in [-0.2, 0) is 0 Å². The molecule has 16 heavy (non-hydrogen) atoms. The van der Waals surface area contributed by atoms with E-state index in [-0.39, 0.29) is 0 Å². The van der Waals surface area contributed by atoms with Crippen LogP contribution in [0.15, 0.2) is 47.9 Å². The Kier molecular flexibility index (Phi) is 2.90. The Labute approximate surface area is 98.2 Å². The van der Waals surface area contributed by atoms with Crippen molar-refractivity contribution in [3.05, 3.63) is 47.9 Å². The van der Waals surface area contributed by atoms with Gasteiger partial charge < -0.3 is 9.80 Å². The molecule has 2 aliphatic rings. The third kappa shape index (κ3) is 2.06. The molecule has 0 bridgehead atoms. The first kappa shape index (κ1) is 11.1. The van der Waals surface area contributed by atoms with E-state index < -0.39 is 0 Å². The summed E-state index contributed by atoms with van der Waals surface area (Å²) in [5.41, 5.74) is 2.69. The minimum Gasteiger partial charge on any atom is -0.372 e. The van der Waals surface area contributed by atoms with Gasteiger partial charge in [-0.25, -0.2) is 0 Å². The van der Waals surface area contributed by atoms with Crippen molar-refractivity contribution in [2.45, 2.75) is 25.9 Å². The van der Waals surface area contributed by atoms with Crippen LogP contribution in [0.1, 0.15) is 13.8 Å². The Morgan fingerprint density at radius 2 is 1.19 bits per heavy atom. The molecule has 0 saturated carbocycles. The highest BCUT2D eigenvalue weighted by Gasteiger charge is 2.25. The molecule has 86 valence electrons. The molecule has 0 spiro atoms. The molecule has 0 aromatic heterocycles. The highest BCUT2D eigenvalue weighted by molar-refractivity contribution is 5.30. The van der Waals surface area contributed by atoms with Crippen LogP contribution in [0.25, 0.3) is 0 Å². The van der Waals surface area contributed by atoms with Gasteiger partial charge in [0.25, 0.3) is 0 Å². The van der Waals surface area contributed by atoms with Gasteiger partial charge in [-0.2, -0.15) is 0 Å². The van der Waals surface area contributed by atoms with Crippen LogP contribution in [0.4, 0.5) is 0 Å². The molecule has 0 amide bonds. The molecule has 2 aliphatic heterocycles. The Morgan fingerprint density at radius 3 is 1.56 bits per heavy atom. The first-order valence-corrected chi connectivity index (χ1v) is 5.75. The topological polar surface area (TPSA) is 6.48 Å². The molecule has 2 unspecified atom stereocenters. The van der Waals surface area contributed by atoms with E-state index >= 15 is 0 Å². The molecule has 0 aromatic rings. The Balaban J connectivity index is 2.24. The van der Waals surface area contributed by atoms with Crippen molar-refractivity contribution in [1.29, 1.82) is 0 Å². The van der Waals surface area contributed by atoms with E-state index in [1.165, 1.54) is 11.1 Å². The molecule has 0 aromatic carbocycles. The van der Waals surface area contributed by atoms with E-state index in [4.69, 9.17) is 0 Å². The van der Waals surface area contributed by atoms with Crippen molar-refractivity contribution in [2.75, 3.05) is 14.1 Å². The zero-order chi connectivity index (χ0) is 11.7. The lowest BCUT2D eigenvalue weighted by Crippen LogP contribution is -2.45. The number of likely N-dealkylation sites (N-methyl/N-ethyl adjacent to an activating group) is 2. The maximum Gasteiger partial charge on any atom is 0.0709 e. The van der Waals surface area contributed by atoms with E-state index in [0.29, 0.717) is 12.1 Å². The molecule has 2 rings (SSSR count). The SMILES string of the molecule is CC1=CC(C2C=C(C)C=CN2C)N(C)C=C1. The van der Waals surface area contributed by atoms with Crippen LogP contribution in [0.5, 0.6) is 0 Å². The minimum atomic E-state index is 0.426. The van der Waals surface area contributed by atoms with Crippen molar-refractivity contribution >= 4 is 0 Å². The van der Waals surface area contributed by atoms with Crippen molar-refractivity contribution < 1.29 is 0 Å². The van der Waals surface area contributed by atoms with E-state index in [1.807, 2.05) is 0 Å². The summed E-state index contributed by atoms with van der Waals surface area (Å²) in [6.07, 6.45) is 13.3. The summed E-state index contributed by atoms with van der Waals surface area (Å²) in [5.74, 6) is 0. The lowest BCUT2D eigenvalue weighted by Gasteiger charge is -2.39. The molecule has 0 saturated heterocycles. The monoisotopic (exact) mass is 216 g/mol. The summed E-state index contributed by atoms with van der Waals surface area (Å²) in [6.45, 7) is 4.32. The van der Waals surface area contributed by atoms with Gasteiger partial charge in [0.15, 0.2) is 0 Å². The van der Waals surface area contributed by atoms with Crippen LogP contribution in [-0.4, -0.2) is 36.0 Å².